The first-order valence-electron chi connectivity index (χ1n) is 9.60. The highest BCUT2D eigenvalue weighted by Gasteiger charge is 2.13. The second-order valence-corrected chi connectivity index (χ2v) is 10.4. The van der Waals surface area contributed by atoms with Crippen LogP contribution in [0.25, 0.3) is 0 Å². The van der Waals surface area contributed by atoms with Gasteiger partial charge in [0.2, 0.25) is 0 Å². The highest BCUT2D eigenvalue weighted by molar-refractivity contribution is 8.00. The molecule has 0 saturated heterocycles. The van der Waals surface area contributed by atoms with Crippen molar-refractivity contribution >= 4 is 47.2 Å². The van der Waals surface area contributed by atoms with Crippen LogP contribution in [0.2, 0.25) is 0 Å². The molecule has 0 saturated carbocycles. The van der Waals surface area contributed by atoms with Gasteiger partial charge in [-0.3, -0.25) is 0 Å². The number of carbonyl (C=O) groups excluding carboxylic acids is 2. The lowest BCUT2D eigenvalue weighted by Crippen LogP contribution is -2.09. The minimum Gasteiger partial charge on any atom is -0.448 e. The monoisotopic (exact) mass is 474 g/mol. The van der Waals surface area contributed by atoms with Crippen LogP contribution in [0.1, 0.15) is 25.0 Å². The van der Waals surface area contributed by atoms with Crippen molar-refractivity contribution in [2.75, 3.05) is 0 Å². The zero-order valence-corrected chi connectivity index (χ0v) is 20.5. The highest BCUT2D eigenvalue weighted by atomic mass is 32.2. The van der Waals surface area contributed by atoms with E-state index in [0.29, 0.717) is 0 Å². The van der Waals surface area contributed by atoms with Gasteiger partial charge < -0.3 is 9.47 Å². The van der Waals surface area contributed by atoms with E-state index in [1.165, 1.54) is 35.7 Å². The van der Waals surface area contributed by atoms with Gasteiger partial charge in [-0.1, -0.05) is 48.4 Å². The van der Waals surface area contributed by atoms with Crippen molar-refractivity contribution in [3.63, 3.8) is 0 Å². The van der Waals surface area contributed by atoms with Crippen LogP contribution in [0, 0.1) is 13.8 Å². The van der Waals surface area contributed by atoms with Crippen molar-refractivity contribution in [1.29, 1.82) is 0 Å². The standard InChI is InChI=1S/C24H26O4S3/c1-7-23(25)27-17(5)29-21-11-9-19(13-15(21)3)31-20-10-12-22(16(4)14-20)30-18(6)28-24(26)8-2/h7-14,17-18H,1-2H2,3-6H3. The number of benzene rings is 2. The van der Waals surface area contributed by atoms with Crippen LogP contribution in [0.4, 0.5) is 0 Å². The molecule has 0 aromatic heterocycles. The molecule has 2 aromatic rings. The van der Waals surface area contributed by atoms with Crippen LogP contribution in [-0.4, -0.2) is 22.8 Å². The smallest absolute Gasteiger partial charge is 0.331 e. The van der Waals surface area contributed by atoms with Gasteiger partial charge in [0.25, 0.3) is 0 Å². The van der Waals surface area contributed by atoms with E-state index < -0.39 is 11.9 Å². The fraction of sp³-hybridized carbons (Fsp3) is 0.250. The molecule has 7 heteroatoms. The van der Waals surface area contributed by atoms with Gasteiger partial charge in [-0.05, 0) is 75.2 Å². The lowest BCUT2D eigenvalue weighted by Gasteiger charge is -2.15. The molecular formula is C24H26O4S3. The summed E-state index contributed by atoms with van der Waals surface area (Å²) in [6, 6.07) is 12.5. The van der Waals surface area contributed by atoms with E-state index >= 15 is 0 Å². The van der Waals surface area contributed by atoms with E-state index in [-0.39, 0.29) is 10.9 Å². The van der Waals surface area contributed by atoms with Crippen LogP contribution in [0.3, 0.4) is 0 Å². The first-order chi connectivity index (χ1) is 14.7. The molecule has 0 aliphatic heterocycles. The van der Waals surface area contributed by atoms with Crippen molar-refractivity contribution < 1.29 is 19.1 Å². The second-order valence-electron chi connectivity index (χ2n) is 6.61. The molecule has 0 spiro atoms. The number of esters is 2. The van der Waals surface area contributed by atoms with E-state index in [4.69, 9.17) is 9.47 Å². The average Bonchev–Trinajstić information content (AvgIpc) is 2.71. The molecule has 0 aliphatic rings. The SMILES string of the molecule is C=CC(=O)OC(C)Sc1ccc(Sc2ccc(SC(C)OC(=O)C=C)c(C)c2)cc1C. The zero-order valence-electron chi connectivity index (χ0n) is 18.0. The maximum Gasteiger partial charge on any atom is 0.331 e. The number of hydrogen-bond acceptors (Lipinski definition) is 7. The molecule has 31 heavy (non-hydrogen) atoms. The van der Waals surface area contributed by atoms with Gasteiger partial charge in [0.1, 0.15) is 10.9 Å². The topological polar surface area (TPSA) is 52.6 Å². The molecule has 2 unspecified atom stereocenters. The van der Waals surface area contributed by atoms with Crippen molar-refractivity contribution in [1.82, 2.24) is 0 Å². The van der Waals surface area contributed by atoms with Crippen molar-refractivity contribution in [3.05, 3.63) is 72.8 Å². The maximum atomic E-state index is 11.3. The molecule has 164 valence electrons. The Hall–Kier alpha value is -2.09. The first kappa shape index (κ1) is 25.2. The minimum absolute atomic E-state index is 0.288. The molecule has 0 amide bonds. The van der Waals surface area contributed by atoms with Crippen molar-refractivity contribution in [3.8, 4) is 0 Å². The summed E-state index contributed by atoms with van der Waals surface area (Å²) in [6.45, 7) is 14.6. The molecule has 0 heterocycles. The van der Waals surface area contributed by atoms with E-state index in [1.807, 2.05) is 39.8 Å². The Morgan fingerprint density at radius 2 is 1.19 bits per heavy atom. The summed E-state index contributed by atoms with van der Waals surface area (Å²) in [5.41, 5.74) is 1.67. The molecule has 2 rings (SSSR count). The predicted octanol–water partition coefficient (Wildman–Crippen LogP) is 6.79. The summed E-state index contributed by atoms with van der Waals surface area (Å²) in [6.07, 6.45) is 2.34. The van der Waals surface area contributed by atoms with Gasteiger partial charge in [-0.2, -0.15) is 0 Å². The van der Waals surface area contributed by atoms with Gasteiger partial charge in [0.15, 0.2) is 0 Å². The summed E-state index contributed by atoms with van der Waals surface area (Å²) in [4.78, 5) is 27.1. The number of ether oxygens (including phenoxy) is 2. The molecule has 0 fully saturated rings. The van der Waals surface area contributed by atoms with E-state index in [9.17, 15) is 9.59 Å². The fourth-order valence-corrected chi connectivity index (χ4v) is 5.40. The van der Waals surface area contributed by atoms with Crippen LogP contribution in [-0.2, 0) is 19.1 Å². The Bertz CT molecular complexity index is 894. The molecule has 0 bridgehead atoms. The zero-order chi connectivity index (χ0) is 23.0. The molecule has 2 atom stereocenters. The second kappa shape index (κ2) is 12.1. The summed E-state index contributed by atoms with van der Waals surface area (Å²) in [5, 5.41) is 0. The van der Waals surface area contributed by atoms with Gasteiger partial charge in [-0.25, -0.2) is 9.59 Å². The molecule has 0 N–H and O–H groups in total. The summed E-state index contributed by atoms with van der Waals surface area (Å²) >= 11 is 4.68. The quantitative estimate of drug-likeness (QED) is 0.163. The summed E-state index contributed by atoms with van der Waals surface area (Å²) < 4.78 is 10.5. The van der Waals surface area contributed by atoms with Crippen LogP contribution in [0.15, 0.2) is 81.3 Å². The Kier molecular flexibility index (Phi) is 9.81. The van der Waals surface area contributed by atoms with Crippen molar-refractivity contribution in [2.24, 2.45) is 0 Å². The summed E-state index contributed by atoms with van der Waals surface area (Å²) in [5.74, 6) is -0.842. The Morgan fingerprint density at radius 1 is 0.806 bits per heavy atom. The first-order valence-corrected chi connectivity index (χ1v) is 12.2. The van der Waals surface area contributed by atoms with E-state index in [2.05, 4.69) is 37.4 Å². The third-order valence-corrected chi connectivity index (χ3v) is 7.27. The summed E-state index contributed by atoms with van der Waals surface area (Å²) in [7, 11) is 0. The molecular weight excluding hydrogens is 448 g/mol. The number of rotatable bonds is 10. The van der Waals surface area contributed by atoms with E-state index in [1.54, 1.807) is 11.8 Å². The van der Waals surface area contributed by atoms with Crippen LogP contribution < -0.4 is 0 Å². The Morgan fingerprint density at radius 3 is 1.52 bits per heavy atom. The van der Waals surface area contributed by atoms with Crippen LogP contribution >= 0.6 is 35.3 Å². The normalized spacial score (nSPS) is 12.5. The maximum absolute atomic E-state index is 11.3. The third-order valence-electron chi connectivity index (χ3n) is 4.01. The Labute approximate surface area is 196 Å². The fourth-order valence-electron chi connectivity index (χ4n) is 2.60. The van der Waals surface area contributed by atoms with Gasteiger partial charge in [0.05, 0.1) is 0 Å². The van der Waals surface area contributed by atoms with Gasteiger partial charge in [0, 0.05) is 31.7 Å². The van der Waals surface area contributed by atoms with Crippen LogP contribution in [0.5, 0.6) is 0 Å². The lowest BCUT2D eigenvalue weighted by atomic mass is 10.2. The van der Waals surface area contributed by atoms with Crippen molar-refractivity contribution in [2.45, 2.75) is 58.1 Å². The molecule has 0 radical (unpaired) electrons. The number of carbonyl (C=O) groups is 2. The molecule has 4 nitrogen and oxygen atoms in total. The number of aryl methyl sites for hydroxylation is 2. The molecule has 2 aromatic carbocycles. The molecule has 0 aliphatic carbocycles. The number of hydrogen-bond donors (Lipinski definition) is 0. The Balaban J connectivity index is 2.02. The van der Waals surface area contributed by atoms with Gasteiger partial charge in [-0.15, -0.1) is 0 Å². The highest BCUT2D eigenvalue weighted by Crippen LogP contribution is 2.36. The van der Waals surface area contributed by atoms with E-state index in [0.717, 1.165) is 30.7 Å². The third kappa shape index (κ3) is 8.16. The lowest BCUT2D eigenvalue weighted by molar-refractivity contribution is -0.139. The largest absolute Gasteiger partial charge is 0.448 e. The van der Waals surface area contributed by atoms with Gasteiger partial charge >= 0.3 is 11.9 Å². The predicted molar refractivity (Wildman–Crippen MR) is 130 cm³/mol. The number of thioether (sulfide) groups is 2. The average molecular weight is 475 g/mol. The minimum atomic E-state index is -0.421.